The van der Waals surface area contributed by atoms with Gasteiger partial charge in [-0.05, 0) is 32.9 Å². The molecule has 9 heteroatoms. The van der Waals surface area contributed by atoms with Gasteiger partial charge >= 0.3 is 5.97 Å². The number of carbonyl (C=O) groups excluding carboxylic acids is 3. The molecule has 1 heterocycles. The molecule has 0 saturated heterocycles. The maximum absolute atomic E-state index is 12.5. The molecule has 162 valence electrons. The van der Waals surface area contributed by atoms with Crippen molar-refractivity contribution in [2.24, 2.45) is 5.73 Å². The van der Waals surface area contributed by atoms with Crippen molar-refractivity contribution in [1.29, 1.82) is 0 Å². The first-order valence-corrected chi connectivity index (χ1v) is 9.52. The van der Waals surface area contributed by atoms with Crippen molar-refractivity contribution in [2.75, 3.05) is 32.6 Å². The number of quaternary nitrogens is 1. The number of amides is 2. The van der Waals surface area contributed by atoms with E-state index in [1.807, 2.05) is 32.2 Å². The number of aryl methyl sites for hydroxylation is 2. The number of rotatable bonds is 9. The molecule has 9 nitrogen and oxygen atoms in total. The Morgan fingerprint density at radius 3 is 2.50 bits per heavy atom. The molecule has 2 rings (SSSR count). The number of esters is 1. The third-order valence-corrected chi connectivity index (χ3v) is 4.45. The minimum atomic E-state index is -0.893. The van der Waals surface area contributed by atoms with Crippen molar-refractivity contribution in [1.82, 2.24) is 0 Å². The lowest BCUT2D eigenvalue weighted by atomic mass is 10.1. The zero-order valence-corrected chi connectivity index (χ0v) is 17.9. The average Bonchev–Trinajstić information content (AvgIpc) is 2.97. The molecule has 1 atom stereocenters. The van der Waals surface area contributed by atoms with E-state index in [9.17, 15) is 14.4 Å². The number of hydrogen-bond donors (Lipinski definition) is 3. The van der Waals surface area contributed by atoms with Gasteiger partial charge in [0.05, 0.1) is 20.8 Å². The number of likely N-dealkylation sites (N-methyl/N-ethyl adjacent to an activating group) is 1. The van der Waals surface area contributed by atoms with Crippen LogP contribution in [0, 0.1) is 13.8 Å². The molecule has 2 amide bonds. The van der Waals surface area contributed by atoms with Crippen LogP contribution in [-0.4, -0.2) is 45.1 Å². The van der Waals surface area contributed by atoms with Gasteiger partial charge in [0, 0.05) is 5.56 Å². The van der Waals surface area contributed by atoms with Crippen LogP contribution in [0.1, 0.15) is 44.5 Å². The molecule has 4 N–H and O–H groups in total. The van der Waals surface area contributed by atoms with Gasteiger partial charge in [-0.15, -0.1) is 0 Å². The van der Waals surface area contributed by atoms with E-state index in [-0.39, 0.29) is 35.9 Å². The molecular formula is C21H28N3O6+. The summed E-state index contributed by atoms with van der Waals surface area (Å²) in [6.45, 7) is 5.88. The monoisotopic (exact) mass is 418 g/mol. The van der Waals surface area contributed by atoms with Crippen LogP contribution in [0.3, 0.4) is 0 Å². The van der Waals surface area contributed by atoms with Crippen LogP contribution >= 0.6 is 0 Å². The van der Waals surface area contributed by atoms with E-state index < -0.39 is 17.8 Å². The Labute approximate surface area is 175 Å². The molecule has 0 aliphatic carbocycles. The third kappa shape index (κ3) is 5.38. The van der Waals surface area contributed by atoms with Crippen LogP contribution in [0.2, 0.25) is 0 Å². The smallest absolute Gasteiger partial charge is 0.342 e. The fraction of sp³-hybridized carbons (Fsp3) is 0.381. The summed E-state index contributed by atoms with van der Waals surface area (Å²) in [5.41, 5.74) is 7.20. The summed E-state index contributed by atoms with van der Waals surface area (Å²) >= 11 is 0. The fourth-order valence-corrected chi connectivity index (χ4v) is 3.19. The van der Waals surface area contributed by atoms with E-state index in [0.717, 1.165) is 21.8 Å². The van der Waals surface area contributed by atoms with Gasteiger partial charge in [-0.3, -0.25) is 14.9 Å². The van der Waals surface area contributed by atoms with Crippen molar-refractivity contribution in [2.45, 2.75) is 27.3 Å². The number of anilines is 1. The summed E-state index contributed by atoms with van der Waals surface area (Å²) in [5.74, 6) is -1.29. The molecule has 0 fully saturated rings. The van der Waals surface area contributed by atoms with Crippen LogP contribution in [0.5, 0.6) is 5.75 Å². The summed E-state index contributed by atoms with van der Waals surface area (Å²) in [6, 6.07) is 5.85. The average molecular weight is 418 g/mol. The van der Waals surface area contributed by atoms with Crippen molar-refractivity contribution in [3.63, 3.8) is 0 Å². The lowest BCUT2D eigenvalue weighted by Crippen LogP contribution is -3.08. The Kier molecular flexibility index (Phi) is 7.60. The highest BCUT2D eigenvalue weighted by atomic mass is 16.5. The van der Waals surface area contributed by atoms with E-state index in [4.69, 9.17) is 19.6 Å². The lowest BCUT2D eigenvalue weighted by Gasteiger charge is -2.16. The highest BCUT2D eigenvalue weighted by Crippen LogP contribution is 2.27. The first kappa shape index (κ1) is 23.0. The van der Waals surface area contributed by atoms with Gasteiger partial charge in [0.1, 0.15) is 29.2 Å². The van der Waals surface area contributed by atoms with Gasteiger partial charge < -0.3 is 24.5 Å². The molecule has 1 aromatic heterocycles. The highest BCUT2D eigenvalue weighted by Gasteiger charge is 2.29. The maximum atomic E-state index is 12.5. The molecule has 0 bridgehead atoms. The molecule has 0 radical (unpaired) electrons. The summed E-state index contributed by atoms with van der Waals surface area (Å²) in [6.07, 6.45) is 0. The third-order valence-electron chi connectivity index (χ3n) is 4.45. The zero-order valence-electron chi connectivity index (χ0n) is 17.9. The van der Waals surface area contributed by atoms with E-state index in [2.05, 4.69) is 5.32 Å². The number of carbonyl (C=O) groups is 3. The number of ether oxygens (including phenoxy) is 2. The quantitative estimate of drug-likeness (QED) is 0.518. The zero-order chi connectivity index (χ0) is 22.4. The summed E-state index contributed by atoms with van der Waals surface area (Å²) < 4.78 is 15.8. The predicted octanol–water partition coefficient (Wildman–Crippen LogP) is 0.834. The van der Waals surface area contributed by atoms with Crippen molar-refractivity contribution in [3.05, 3.63) is 46.2 Å². The van der Waals surface area contributed by atoms with Crippen LogP contribution < -0.4 is 20.7 Å². The van der Waals surface area contributed by atoms with Crippen LogP contribution in [0.4, 0.5) is 5.88 Å². The number of nitrogens with two attached hydrogens (primary N) is 1. The Bertz CT molecular complexity index is 950. The molecule has 1 aromatic carbocycles. The normalized spacial score (nSPS) is 11.6. The molecule has 0 saturated carbocycles. The first-order valence-electron chi connectivity index (χ1n) is 9.52. The van der Waals surface area contributed by atoms with Gasteiger partial charge in [-0.25, -0.2) is 4.79 Å². The van der Waals surface area contributed by atoms with Gasteiger partial charge in [0.15, 0.2) is 6.54 Å². The Hall–Kier alpha value is -3.33. The number of hydrogen-bond acceptors (Lipinski definition) is 6. The minimum absolute atomic E-state index is 0.0788. The van der Waals surface area contributed by atoms with E-state index in [1.54, 1.807) is 14.0 Å². The molecule has 0 aliphatic heterocycles. The number of furan rings is 1. The highest BCUT2D eigenvalue weighted by molar-refractivity contribution is 6.10. The molecule has 30 heavy (non-hydrogen) atoms. The second kappa shape index (κ2) is 9.93. The summed E-state index contributed by atoms with van der Waals surface area (Å²) in [5, 5.41) is 2.54. The number of nitrogens with one attached hydrogen (secondary N) is 2. The fourth-order valence-electron chi connectivity index (χ4n) is 3.19. The van der Waals surface area contributed by atoms with E-state index in [1.165, 1.54) is 6.92 Å². The molecule has 1 unspecified atom stereocenters. The Morgan fingerprint density at radius 2 is 1.90 bits per heavy atom. The largest absolute Gasteiger partial charge is 0.496 e. The maximum Gasteiger partial charge on any atom is 0.342 e. The topological polar surface area (TPSA) is 125 Å². The SMILES string of the molecule is CCOC(=O)c1c(C)oc(NC(=O)C[NH+](C)Cc2cc(C)ccc2OC)c1C(N)=O. The molecule has 0 aliphatic rings. The number of primary amides is 1. The van der Waals surface area contributed by atoms with Crippen LogP contribution in [-0.2, 0) is 16.1 Å². The summed E-state index contributed by atoms with van der Waals surface area (Å²) in [7, 11) is 3.45. The first-order chi connectivity index (χ1) is 14.2. The lowest BCUT2D eigenvalue weighted by molar-refractivity contribution is -0.885. The molecule has 0 spiro atoms. The van der Waals surface area contributed by atoms with Crippen molar-refractivity contribution < 1.29 is 33.2 Å². The van der Waals surface area contributed by atoms with Gasteiger partial charge in [-0.2, -0.15) is 0 Å². The Balaban J connectivity index is 2.15. The van der Waals surface area contributed by atoms with E-state index >= 15 is 0 Å². The number of methoxy groups -OCH3 is 1. The van der Waals surface area contributed by atoms with E-state index in [0.29, 0.717) is 6.54 Å². The standard InChI is InChI=1S/C21H27N3O6/c1-6-29-21(27)17-13(3)30-20(18(17)19(22)26)23-16(25)11-24(4)10-14-9-12(2)7-8-15(14)28-5/h7-9H,6,10-11H2,1-5H3,(H2,22,26)(H,23,25)/p+1. The second-order valence-electron chi connectivity index (χ2n) is 7.00. The molecule has 2 aromatic rings. The summed E-state index contributed by atoms with van der Waals surface area (Å²) in [4.78, 5) is 37.5. The number of benzene rings is 1. The Morgan fingerprint density at radius 1 is 1.20 bits per heavy atom. The predicted molar refractivity (Wildman–Crippen MR) is 110 cm³/mol. The molecular weight excluding hydrogens is 390 g/mol. The van der Waals surface area contributed by atoms with Gasteiger partial charge in [0.2, 0.25) is 5.88 Å². The van der Waals surface area contributed by atoms with Gasteiger partial charge in [0.25, 0.3) is 11.8 Å². The van der Waals surface area contributed by atoms with Gasteiger partial charge in [-0.1, -0.05) is 11.6 Å². The second-order valence-corrected chi connectivity index (χ2v) is 7.00. The van der Waals surface area contributed by atoms with Crippen molar-refractivity contribution >= 4 is 23.7 Å². The van der Waals surface area contributed by atoms with Crippen molar-refractivity contribution in [3.8, 4) is 5.75 Å². The van der Waals surface area contributed by atoms with Crippen LogP contribution in [0.25, 0.3) is 0 Å². The minimum Gasteiger partial charge on any atom is -0.496 e. The van der Waals surface area contributed by atoms with Crippen LogP contribution in [0.15, 0.2) is 22.6 Å².